The summed E-state index contributed by atoms with van der Waals surface area (Å²) in [5.41, 5.74) is 3.31. The standard InChI is InChI=1S/C19H17NO2/c1-20-13-3-2-4-18(20)19(14-5-9-16(21)10-6-14)15-7-11-17(22)12-8-15/h2-13,19H,1H3,(H-,21,22)/p+1. The lowest BCUT2D eigenvalue weighted by Gasteiger charge is -2.16. The van der Waals surface area contributed by atoms with Crippen molar-refractivity contribution >= 4 is 0 Å². The summed E-state index contributed by atoms with van der Waals surface area (Å²) in [5, 5.41) is 19.1. The second-order valence-electron chi connectivity index (χ2n) is 5.35. The van der Waals surface area contributed by atoms with Crippen LogP contribution in [0.3, 0.4) is 0 Å². The molecule has 0 amide bonds. The fourth-order valence-electron chi connectivity index (χ4n) is 2.70. The zero-order valence-corrected chi connectivity index (χ0v) is 12.3. The van der Waals surface area contributed by atoms with Gasteiger partial charge in [-0.25, -0.2) is 4.57 Å². The van der Waals surface area contributed by atoms with E-state index in [4.69, 9.17) is 0 Å². The lowest BCUT2D eigenvalue weighted by molar-refractivity contribution is -0.679. The highest BCUT2D eigenvalue weighted by atomic mass is 16.3. The first-order valence-electron chi connectivity index (χ1n) is 7.17. The molecule has 0 unspecified atom stereocenters. The Balaban J connectivity index is 2.16. The van der Waals surface area contributed by atoms with Gasteiger partial charge in [0.05, 0.1) is 5.92 Å². The number of benzene rings is 2. The summed E-state index contributed by atoms with van der Waals surface area (Å²) in [5.74, 6) is 0.545. The number of nitrogens with zero attached hydrogens (tertiary/aromatic N) is 1. The zero-order chi connectivity index (χ0) is 15.5. The van der Waals surface area contributed by atoms with Gasteiger partial charge in [-0.1, -0.05) is 30.3 Å². The molecule has 3 aromatic rings. The number of aryl methyl sites for hydroxylation is 1. The Labute approximate surface area is 129 Å². The monoisotopic (exact) mass is 292 g/mol. The van der Waals surface area contributed by atoms with Gasteiger partial charge in [-0.05, 0) is 35.4 Å². The fraction of sp³-hybridized carbons (Fsp3) is 0.105. The molecule has 1 heterocycles. The van der Waals surface area contributed by atoms with Crippen molar-refractivity contribution in [3.8, 4) is 11.5 Å². The van der Waals surface area contributed by atoms with Crippen LogP contribution in [0.2, 0.25) is 0 Å². The molecule has 3 nitrogen and oxygen atoms in total. The van der Waals surface area contributed by atoms with Crippen molar-refractivity contribution in [2.24, 2.45) is 7.05 Å². The van der Waals surface area contributed by atoms with Crippen LogP contribution >= 0.6 is 0 Å². The molecule has 2 aromatic carbocycles. The van der Waals surface area contributed by atoms with E-state index in [2.05, 4.69) is 10.6 Å². The second-order valence-corrected chi connectivity index (χ2v) is 5.35. The molecule has 22 heavy (non-hydrogen) atoms. The summed E-state index contributed by atoms with van der Waals surface area (Å²) in [6.07, 6.45) is 2.02. The summed E-state index contributed by atoms with van der Waals surface area (Å²) in [7, 11) is 2.02. The van der Waals surface area contributed by atoms with Crippen LogP contribution in [0.5, 0.6) is 11.5 Å². The van der Waals surface area contributed by atoms with Crippen molar-refractivity contribution in [2.75, 3.05) is 0 Å². The van der Waals surface area contributed by atoms with Crippen LogP contribution in [0, 0.1) is 0 Å². The molecule has 3 heteroatoms. The summed E-state index contributed by atoms with van der Waals surface area (Å²) in [6, 6.07) is 20.6. The maximum Gasteiger partial charge on any atom is 0.193 e. The van der Waals surface area contributed by atoms with Crippen molar-refractivity contribution in [3.63, 3.8) is 0 Å². The van der Waals surface area contributed by atoms with E-state index in [0.29, 0.717) is 0 Å². The highest BCUT2D eigenvalue weighted by molar-refractivity contribution is 5.42. The molecule has 0 atom stereocenters. The Bertz CT molecular complexity index is 719. The number of phenols is 2. The molecular weight excluding hydrogens is 274 g/mol. The number of hydrogen-bond acceptors (Lipinski definition) is 2. The predicted octanol–water partition coefficient (Wildman–Crippen LogP) is 3.10. The minimum Gasteiger partial charge on any atom is -0.508 e. The number of rotatable bonds is 3. The lowest BCUT2D eigenvalue weighted by Crippen LogP contribution is -2.35. The van der Waals surface area contributed by atoms with Gasteiger partial charge in [0.1, 0.15) is 18.5 Å². The summed E-state index contributed by atoms with van der Waals surface area (Å²) < 4.78 is 2.09. The van der Waals surface area contributed by atoms with Gasteiger partial charge in [0.25, 0.3) is 0 Å². The first-order chi connectivity index (χ1) is 10.6. The Morgan fingerprint density at radius 1 is 0.727 bits per heavy atom. The Kier molecular flexibility index (Phi) is 3.79. The minimum absolute atomic E-state index is 0.0346. The molecule has 0 fully saturated rings. The van der Waals surface area contributed by atoms with Crippen LogP contribution < -0.4 is 4.57 Å². The molecule has 0 aliphatic heterocycles. The van der Waals surface area contributed by atoms with Gasteiger partial charge in [-0.3, -0.25) is 0 Å². The minimum atomic E-state index is 0.0346. The number of pyridine rings is 1. The smallest absolute Gasteiger partial charge is 0.193 e. The van der Waals surface area contributed by atoms with Gasteiger partial charge >= 0.3 is 0 Å². The van der Waals surface area contributed by atoms with E-state index < -0.39 is 0 Å². The summed E-state index contributed by atoms with van der Waals surface area (Å²) >= 11 is 0. The molecule has 3 rings (SSSR count). The van der Waals surface area contributed by atoms with Crippen molar-refractivity contribution < 1.29 is 14.8 Å². The van der Waals surface area contributed by atoms with Crippen LogP contribution in [-0.4, -0.2) is 10.2 Å². The van der Waals surface area contributed by atoms with Crippen LogP contribution in [0.4, 0.5) is 0 Å². The van der Waals surface area contributed by atoms with E-state index >= 15 is 0 Å². The molecule has 0 aliphatic carbocycles. The largest absolute Gasteiger partial charge is 0.508 e. The zero-order valence-electron chi connectivity index (χ0n) is 12.3. The van der Waals surface area contributed by atoms with Gasteiger partial charge < -0.3 is 10.2 Å². The maximum absolute atomic E-state index is 9.53. The molecule has 0 spiro atoms. The predicted molar refractivity (Wildman–Crippen MR) is 84.8 cm³/mol. The second kappa shape index (κ2) is 5.90. The SMILES string of the molecule is C[n+]1ccccc1C(c1ccc(O)cc1)c1ccc(O)cc1. The molecular formula is C19H18NO2+. The molecule has 1 aromatic heterocycles. The number of aromatic hydroxyl groups is 2. The van der Waals surface area contributed by atoms with Crippen LogP contribution in [0.1, 0.15) is 22.7 Å². The van der Waals surface area contributed by atoms with Gasteiger partial charge in [0.15, 0.2) is 11.9 Å². The Hall–Kier alpha value is -2.81. The van der Waals surface area contributed by atoms with E-state index in [1.807, 2.05) is 49.6 Å². The average Bonchev–Trinajstić information content (AvgIpc) is 2.53. The third-order valence-corrected chi connectivity index (χ3v) is 3.84. The van der Waals surface area contributed by atoms with Gasteiger partial charge in [0, 0.05) is 12.1 Å². The van der Waals surface area contributed by atoms with Gasteiger partial charge in [-0.2, -0.15) is 0 Å². The van der Waals surface area contributed by atoms with E-state index in [9.17, 15) is 10.2 Å². The first-order valence-corrected chi connectivity index (χ1v) is 7.17. The average molecular weight is 292 g/mol. The molecule has 0 radical (unpaired) electrons. The third kappa shape index (κ3) is 2.79. The topological polar surface area (TPSA) is 44.3 Å². The quantitative estimate of drug-likeness (QED) is 0.729. The van der Waals surface area contributed by atoms with Crippen LogP contribution in [0.15, 0.2) is 72.9 Å². The van der Waals surface area contributed by atoms with Crippen LogP contribution in [-0.2, 0) is 7.05 Å². The third-order valence-electron chi connectivity index (χ3n) is 3.84. The Morgan fingerprint density at radius 3 is 1.68 bits per heavy atom. The summed E-state index contributed by atoms with van der Waals surface area (Å²) in [6.45, 7) is 0. The first kappa shape index (κ1) is 14.1. The van der Waals surface area contributed by atoms with E-state index in [-0.39, 0.29) is 17.4 Å². The van der Waals surface area contributed by atoms with Crippen molar-refractivity contribution in [1.29, 1.82) is 0 Å². The van der Waals surface area contributed by atoms with E-state index in [1.165, 1.54) is 0 Å². The van der Waals surface area contributed by atoms with Gasteiger partial charge in [-0.15, -0.1) is 0 Å². The Morgan fingerprint density at radius 2 is 1.23 bits per heavy atom. The van der Waals surface area contributed by atoms with Crippen molar-refractivity contribution in [2.45, 2.75) is 5.92 Å². The highest BCUT2D eigenvalue weighted by Crippen LogP contribution is 2.31. The highest BCUT2D eigenvalue weighted by Gasteiger charge is 2.24. The van der Waals surface area contributed by atoms with Crippen molar-refractivity contribution in [3.05, 3.63) is 89.7 Å². The molecule has 0 aliphatic rings. The van der Waals surface area contributed by atoms with E-state index in [0.717, 1.165) is 16.8 Å². The maximum atomic E-state index is 9.53. The molecule has 0 bridgehead atoms. The normalized spacial score (nSPS) is 10.8. The molecule has 110 valence electrons. The lowest BCUT2D eigenvalue weighted by atomic mass is 9.88. The van der Waals surface area contributed by atoms with Crippen molar-refractivity contribution in [1.82, 2.24) is 0 Å². The molecule has 2 N–H and O–H groups in total. The molecule has 0 saturated heterocycles. The summed E-state index contributed by atoms with van der Waals surface area (Å²) in [4.78, 5) is 0. The number of aromatic nitrogens is 1. The van der Waals surface area contributed by atoms with E-state index in [1.54, 1.807) is 24.3 Å². The van der Waals surface area contributed by atoms with Gasteiger partial charge in [0.2, 0.25) is 0 Å². The number of phenolic OH excluding ortho intramolecular Hbond substituents is 2. The number of hydrogen-bond donors (Lipinski definition) is 2. The molecule has 0 saturated carbocycles. The van der Waals surface area contributed by atoms with Crippen LogP contribution in [0.25, 0.3) is 0 Å². The fourth-order valence-corrected chi connectivity index (χ4v) is 2.70.